The van der Waals surface area contributed by atoms with Crippen LogP contribution in [-0.4, -0.2) is 15.0 Å². The van der Waals surface area contributed by atoms with Crippen molar-refractivity contribution in [3.63, 3.8) is 0 Å². The van der Waals surface area contributed by atoms with E-state index in [-0.39, 0.29) is 4.90 Å². The molecule has 0 radical (unpaired) electrons. The minimum absolute atomic E-state index is 0.203. The molecule has 1 aromatic carbocycles. The molecular weight excluding hydrogens is 304 g/mol. The Labute approximate surface area is 111 Å². The molecule has 17 heavy (non-hydrogen) atoms. The van der Waals surface area contributed by atoms with E-state index in [1.165, 1.54) is 12.1 Å². The minimum atomic E-state index is -3.43. The number of sulfonamides is 1. The van der Waals surface area contributed by atoms with E-state index in [1.54, 1.807) is 6.07 Å². The molecule has 1 aromatic rings. The van der Waals surface area contributed by atoms with Gasteiger partial charge in [-0.05, 0) is 40.5 Å². The first-order valence-electron chi connectivity index (χ1n) is 5.52. The van der Waals surface area contributed by atoms with Gasteiger partial charge < -0.3 is 5.73 Å². The van der Waals surface area contributed by atoms with Crippen molar-refractivity contribution in [3.8, 4) is 0 Å². The Balaban J connectivity index is 2.72. The van der Waals surface area contributed by atoms with Crippen LogP contribution in [0.25, 0.3) is 0 Å². The Kier molecular flexibility index (Phi) is 5.42. The summed E-state index contributed by atoms with van der Waals surface area (Å²) in [5, 5.41) is 0. The number of nitrogens with one attached hydrogen (secondary N) is 1. The van der Waals surface area contributed by atoms with E-state index in [0.29, 0.717) is 16.7 Å². The summed E-state index contributed by atoms with van der Waals surface area (Å²) in [6.45, 7) is 2.54. The quantitative estimate of drug-likeness (QED) is 0.624. The van der Waals surface area contributed by atoms with Crippen molar-refractivity contribution >= 4 is 31.6 Å². The SMILES string of the molecule is CCCCCNS(=O)(=O)c1ccc(Br)c(N)c1. The average molecular weight is 321 g/mol. The maximum atomic E-state index is 11.9. The zero-order valence-corrected chi connectivity index (χ0v) is 12.1. The van der Waals surface area contributed by atoms with E-state index in [2.05, 4.69) is 27.6 Å². The topological polar surface area (TPSA) is 72.2 Å². The number of rotatable bonds is 6. The molecule has 0 unspecified atom stereocenters. The van der Waals surface area contributed by atoms with Crippen molar-refractivity contribution in [1.82, 2.24) is 4.72 Å². The van der Waals surface area contributed by atoms with Crippen LogP contribution in [0.5, 0.6) is 0 Å². The Morgan fingerprint density at radius 1 is 1.35 bits per heavy atom. The van der Waals surface area contributed by atoms with E-state index < -0.39 is 10.0 Å². The Bertz CT molecular complexity index is 474. The number of unbranched alkanes of at least 4 members (excludes halogenated alkanes) is 2. The maximum absolute atomic E-state index is 11.9. The van der Waals surface area contributed by atoms with Crippen molar-refractivity contribution in [2.45, 2.75) is 31.1 Å². The second-order valence-electron chi connectivity index (χ2n) is 3.79. The molecule has 0 fully saturated rings. The van der Waals surface area contributed by atoms with Gasteiger partial charge in [-0.25, -0.2) is 13.1 Å². The molecule has 1 rings (SSSR count). The van der Waals surface area contributed by atoms with Crippen molar-refractivity contribution < 1.29 is 8.42 Å². The molecule has 3 N–H and O–H groups in total. The van der Waals surface area contributed by atoms with Crippen LogP contribution in [0, 0.1) is 0 Å². The van der Waals surface area contributed by atoms with Crippen LogP contribution in [0.2, 0.25) is 0 Å². The molecule has 0 saturated heterocycles. The molecule has 0 amide bonds. The summed E-state index contributed by atoms with van der Waals surface area (Å²) in [4.78, 5) is 0.203. The van der Waals surface area contributed by atoms with Gasteiger partial charge >= 0.3 is 0 Å². The van der Waals surface area contributed by atoms with Crippen LogP contribution in [0.3, 0.4) is 0 Å². The van der Waals surface area contributed by atoms with Gasteiger partial charge in [0.15, 0.2) is 0 Å². The molecule has 0 aliphatic heterocycles. The van der Waals surface area contributed by atoms with Crippen LogP contribution in [-0.2, 0) is 10.0 Å². The van der Waals surface area contributed by atoms with Crippen molar-refractivity contribution in [2.24, 2.45) is 0 Å². The molecule has 96 valence electrons. The number of hydrogen-bond acceptors (Lipinski definition) is 3. The van der Waals surface area contributed by atoms with E-state index in [0.717, 1.165) is 19.3 Å². The monoisotopic (exact) mass is 320 g/mol. The number of nitrogens with two attached hydrogens (primary N) is 1. The van der Waals surface area contributed by atoms with Crippen molar-refractivity contribution in [1.29, 1.82) is 0 Å². The summed E-state index contributed by atoms with van der Waals surface area (Å²) in [6, 6.07) is 4.62. The Morgan fingerprint density at radius 3 is 2.65 bits per heavy atom. The Morgan fingerprint density at radius 2 is 2.06 bits per heavy atom. The second-order valence-corrected chi connectivity index (χ2v) is 6.41. The van der Waals surface area contributed by atoms with Crippen LogP contribution >= 0.6 is 15.9 Å². The number of nitrogen functional groups attached to an aromatic ring is 1. The van der Waals surface area contributed by atoms with Gasteiger partial charge in [0.1, 0.15) is 0 Å². The van der Waals surface area contributed by atoms with Gasteiger partial charge in [-0.1, -0.05) is 19.8 Å². The zero-order valence-electron chi connectivity index (χ0n) is 9.74. The zero-order chi connectivity index (χ0) is 12.9. The summed E-state index contributed by atoms with van der Waals surface area (Å²) in [5.41, 5.74) is 6.07. The Hall–Kier alpha value is -0.590. The predicted octanol–water partition coefficient (Wildman–Crippen LogP) is 2.50. The summed E-state index contributed by atoms with van der Waals surface area (Å²) < 4.78 is 27.0. The highest BCUT2D eigenvalue weighted by Crippen LogP contribution is 2.22. The van der Waals surface area contributed by atoms with Crippen LogP contribution < -0.4 is 10.5 Å². The minimum Gasteiger partial charge on any atom is -0.398 e. The molecule has 0 aliphatic carbocycles. The number of hydrogen-bond donors (Lipinski definition) is 2. The number of benzene rings is 1. The lowest BCUT2D eigenvalue weighted by Gasteiger charge is -2.07. The van der Waals surface area contributed by atoms with Crippen LogP contribution in [0.15, 0.2) is 27.6 Å². The first-order chi connectivity index (χ1) is 7.97. The predicted molar refractivity (Wildman–Crippen MR) is 73.3 cm³/mol. The third-order valence-corrected chi connectivity index (χ3v) is 4.53. The molecule has 0 aliphatic rings. The lowest BCUT2D eigenvalue weighted by atomic mass is 10.3. The molecule has 0 bridgehead atoms. The fourth-order valence-electron chi connectivity index (χ4n) is 1.35. The van der Waals surface area contributed by atoms with Gasteiger partial charge in [-0.3, -0.25) is 0 Å². The summed E-state index contributed by atoms with van der Waals surface area (Å²) in [7, 11) is -3.43. The first-order valence-corrected chi connectivity index (χ1v) is 7.79. The fraction of sp³-hybridized carbons (Fsp3) is 0.455. The first kappa shape index (κ1) is 14.5. The highest BCUT2D eigenvalue weighted by molar-refractivity contribution is 9.10. The van der Waals surface area contributed by atoms with Gasteiger partial charge in [-0.2, -0.15) is 0 Å². The van der Waals surface area contributed by atoms with E-state index in [1.807, 2.05) is 0 Å². The highest BCUT2D eigenvalue weighted by atomic mass is 79.9. The normalized spacial score (nSPS) is 11.6. The maximum Gasteiger partial charge on any atom is 0.240 e. The number of anilines is 1. The largest absolute Gasteiger partial charge is 0.398 e. The van der Waals surface area contributed by atoms with Crippen molar-refractivity contribution in [3.05, 3.63) is 22.7 Å². The molecule has 0 heterocycles. The van der Waals surface area contributed by atoms with Gasteiger partial charge in [0.2, 0.25) is 10.0 Å². The molecule has 0 saturated carbocycles. The third-order valence-electron chi connectivity index (χ3n) is 2.35. The van der Waals surface area contributed by atoms with Crippen molar-refractivity contribution in [2.75, 3.05) is 12.3 Å². The third kappa shape index (κ3) is 4.29. The molecule has 4 nitrogen and oxygen atoms in total. The summed E-state index contributed by atoms with van der Waals surface area (Å²) in [5.74, 6) is 0. The molecule has 0 spiro atoms. The molecule has 0 aromatic heterocycles. The molecule has 6 heteroatoms. The summed E-state index contributed by atoms with van der Waals surface area (Å²) in [6.07, 6.45) is 2.93. The average Bonchev–Trinajstić information content (AvgIpc) is 2.28. The lowest BCUT2D eigenvalue weighted by molar-refractivity contribution is 0.576. The summed E-state index contributed by atoms with van der Waals surface area (Å²) >= 11 is 3.23. The van der Waals surface area contributed by atoms with E-state index in [9.17, 15) is 8.42 Å². The second kappa shape index (κ2) is 6.37. The van der Waals surface area contributed by atoms with Gasteiger partial charge in [-0.15, -0.1) is 0 Å². The van der Waals surface area contributed by atoms with Gasteiger partial charge in [0.25, 0.3) is 0 Å². The molecular formula is C11H17BrN2O2S. The highest BCUT2D eigenvalue weighted by Gasteiger charge is 2.13. The lowest BCUT2D eigenvalue weighted by Crippen LogP contribution is -2.24. The number of halogens is 1. The van der Waals surface area contributed by atoms with Crippen LogP contribution in [0.1, 0.15) is 26.2 Å². The standard InChI is InChI=1S/C11H17BrN2O2S/c1-2-3-4-7-14-17(15,16)9-5-6-10(12)11(13)8-9/h5-6,8,14H,2-4,7,13H2,1H3. The van der Waals surface area contributed by atoms with Crippen LogP contribution in [0.4, 0.5) is 5.69 Å². The smallest absolute Gasteiger partial charge is 0.240 e. The fourth-order valence-corrected chi connectivity index (χ4v) is 2.71. The van der Waals surface area contributed by atoms with E-state index >= 15 is 0 Å². The van der Waals surface area contributed by atoms with Gasteiger partial charge in [0.05, 0.1) is 4.90 Å². The van der Waals surface area contributed by atoms with E-state index in [4.69, 9.17) is 5.73 Å². The van der Waals surface area contributed by atoms with Gasteiger partial charge in [0, 0.05) is 16.7 Å². The molecule has 0 atom stereocenters.